The lowest BCUT2D eigenvalue weighted by Gasteiger charge is -2.10. The Hall–Kier alpha value is -3.39. The van der Waals surface area contributed by atoms with Crippen LogP contribution in [0, 0.1) is 13.8 Å². The van der Waals surface area contributed by atoms with Crippen LogP contribution in [0.3, 0.4) is 0 Å². The van der Waals surface area contributed by atoms with Gasteiger partial charge in [0.1, 0.15) is 12.1 Å². The normalized spacial score (nSPS) is 10.9. The Bertz CT molecular complexity index is 1150. The SMILES string of the molecule is Cc1ccc(-n2cnnc2SCC(=O)Nc2ccnn2Cc2cccc(C)c2)cc1. The maximum Gasteiger partial charge on any atom is 0.235 e. The fourth-order valence-electron chi connectivity index (χ4n) is 3.06. The van der Waals surface area contributed by atoms with Crippen molar-refractivity contribution in [3.8, 4) is 5.69 Å². The number of aryl methyl sites for hydroxylation is 2. The average Bonchev–Trinajstić information content (AvgIpc) is 3.37. The topological polar surface area (TPSA) is 77.6 Å². The predicted octanol–water partition coefficient (Wildman–Crippen LogP) is 3.86. The van der Waals surface area contributed by atoms with Gasteiger partial charge in [-0.25, -0.2) is 4.68 Å². The van der Waals surface area contributed by atoms with Crippen LogP contribution in [0.25, 0.3) is 5.69 Å². The Balaban J connectivity index is 1.38. The van der Waals surface area contributed by atoms with Crippen LogP contribution < -0.4 is 5.32 Å². The number of amides is 1. The van der Waals surface area contributed by atoms with Gasteiger partial charge in [-0.15, -0.1) is 10.2 Å². The van der Waals surface area contributed by atoms with Crippen LogP contribution in [0.2, 0.25) is 0 Å². The van der Waals surface area contributed by atoms with Gasteiger partial charge in [0.2, 0.25) is 5.91 Å². The molecule has 2 aromatic heterocycles. The molecule has 1 amide bonds. The van der Waals surface area contributed by atoms with E-state index in [1.165, 1.54) is 22.9 Å². The van der Waals surface area contributed by atoms with E-state index in [1.54, 1.807) is 23.3 Å². The summed E-state index contributed by atoms with van der Waals surface area (Å²) in [6.07, 6.45) is 3.34. The molecule has 4 aromatic rings. The first-order valence-corrected chi connectivity index (χ1v) is 10.5. The molecule has 0 spiro atoms. The Morgan fingerprint density at radius 1 is 1.07 bits per heavy atom. The molecular weight excluding hydrogens is 396 g/mol. The number of aromatic nitrogens is 5. The van der Waals surface area contributed by atoms with E-state index < -0.39 is 0 Å². The Morgan fingerprint density at radius 2 is 1.90 bits per heavy atom. The summed E-state index contributed by atoms with van der Waals surface area (Å²) in [4.78, 5) is 12.5. The van der Waals surface area contributed by atoms with Gasteiger partial charge in [-0.05, 0) is 31.5 Å². The molecule has 0 bridgehead atoms. The highest BCUT2D eigenvalue weighted by Gasteiger charge is 2.12. The second kappa shape index (κ2) is 8.96. The minimum absolute atomic E-state index is 0.121. The lowest BCUT2D eigenvalue weighted by Crippen LogP contribution is -2.18. The number of nitrogens with zero attached hydrogens (tertiary/aromatic N) is 5. The van der Waals surface area contributed by atoms with E-state index in [1.807, 2.05) is 47.9 Å². The maximum atomic E-state index is 12.5. The molecule has 7 nitrogen and oxygen atoms in total. The van der Waals surface area contributed by atoms with E-state index in [9.17, 15) is 4.79 Å². The van der Waals surface area contributed by atoms with Crippen molar-refractivity contribution in [1.82, 2.24) is 24.5 Å². The van der Waals surface area contributed by atoms with Gasteiger partial charge in [-0.1, -0.05) is 59.3 Å². The van der Waals surface area contributed by atoms with Gasteiger partial charge in [-0.2, -0.15) is 5.10 Å². The van der Waals surface area contributed by atoms with E-state index in [2.05, 4.69) is 39.7 Å². The lowest BCUT2D eigenvalue weighted by molar-refractivity contribution is -0.113. The van der Waals surface area contributed by atoms with Crippen LogP contribution in [-0.2, 0) is 11.3 Å². The zero-order valence-corrected chi connectivity index (χ0v) is 17.6. The summed E-state index contributed by atoms with van der Waals surface area (Å²) in [7, 11) is 0. The second-order valence-electron chi connectivity index (χ2n) is 7.02. The van der Waals surface area contributed by atoms with Gasteiger partial charge in [0, 0.05) is 11.8 Å². The van der Waals surface area contributed by atoms with Crippen molar-refractivity contribution in [2.24, 2.45) is 0 Å². The average molecular weight is 419 g/mol. The van der Waals surface area contributed by atoms with Crippen LogP contribution in [-0.4, -0.2) is 36.2 Å². The van der Waals surface area contributed by atoms with Crippen LogP contribution in [0.4, 0.5) is 5.82 Å². The number of anilines is 1. The van der Waals surface area contributed by atoms with Crippen molar-refractivity contribution >= 4 is 23.5 Å². The fourth-order valence-corrected chi connectivity index (χ4v) is 3.79. The summed E-state index contributed by atoms with van der Waals surface area (Å²) >= 11 is 1.34. The number of carbonyl (C=O) groups excluding carboxylic acids is 1. The molecule has 2 aromatic carbocycles. The van der Waals surface area contributed by atoms with E-state index >= 15 is 0 Å². The molecule has 0 atom stereocenters. The number of thioether (sulfide) groups is 1. The minimum atomic E-state index is -0.121. The molecular formula is C22H22N6OS. The van der Waals surface area contributed by atoms with Gasteiger partial charge in [0.25, 0.3) is 0 Å². The van der Waals surface area contributed by atoms with Crippen molar-refractivity contribution in [2.75, 3.05) is 11.1 Å². The molecule has 4 rings (SSSR count). The van der Waals surface area contributed by atoms with Crippen LogP contribution in [0.5, 0.6) is 0 Å². The molecule has 8 heteroatoms. The number of hydrogen-bond acceptors (Lipinski definition) is 5. The quantitative estimate of drug-likeness (QED) is 0.461. The van der Waals surface area contributed by atoms with Gasteiger partial charge in [-0.3, -0.25) is 9.36 Å². The number of rotatable bonds is 7. The molecule has 0 aliphatic rings. The highest BCUT2D eigenvalue weighted by molar-refractivity contribution is 7.99. The van der Waals surface area contributed by atoms with E-state index in [0.717, 1.165) is 11.3 Å². The van der Waals surface area contributed by atoms with Gasteiger partial charge in [0.15, 0.2) is 5.16 Å². The smallest absolute Gasteiger partial charge is 0.235 e. The third-order valence-electron chi connectivity index (χ3n) is 4.56. The van der Waals surface area contributed by atoms with Crippen molar-refractivity contribution in [2.45, 2.75) is 25.5 Å². The summed E-state index contributed by atoms with van der Waals surface area (Å²) in [5, 5.41) is 16.1. The Kier molecular flexibility index (Phi) is 5.94. The van der Waals surface area contributed by atoms with E-state index in [4.69, 9.17) is 0 Å². The predicted molar refractivity (Wildman–Crippen MR) is 118 cm³/mol. The number of hydrogen-bond donors (Lipinski definition) is 1. The van der Waals surface area contributed by atoms with Crippen molar-refractivity contribution in [3.05, 3.63) is 83.8 Å². The second-order valence-corrected chi connectivity index (χ2v) is 7.96. The Labute approximate surface area is 179 Å². The molecule has 0 aliphatic heterocycles. The summed E-state index contributed by atoms with van der Waals surface area (Å²) in [6.45, 7) is 4.70. The first kappa shape index (κ1) is 19.9. The number of nitrogens with one attached hydrogen (secondary N) is 1. The molecule has 0 saturated heterocycles. The van der Waals surface area contributed by atoms with Gasteiger partial charge >= 0.3 is 0 Å². The van der Waals surface area contributed by atoms with Crippen molar-refractivity contribution in [1.29, 1.82) is 0 Å². The summed E-state index contributed by atoms with van der Waals surface area (Å²) in [5.41, 5.74) is 4.47. The summed E-state index contributed by atoms with van der Waals surface area (Å²) < 4.78 is 3.66. The van der Waals surface area contributed by atoms with Crippen LogP contribution in [0.15, 0.2) is 72.3 Å². The summed E-state index contributed by atoms with van der Waals surface area (Å²) in [6, 6.07) is 18.1. The third-order valence-corrected chi connectivity index (χ3v) is 5.50. The zero-order valence-electron chi connectivity index (χ0n) is 16.8. The lowest BCUT2D eigenvalue weighted by atomic mass is 10.1. The van der Waals surface area contributed by atoms with Crippen molar-refractivity contribution < 1.29 is 4.79 Å². The van der Waals surface area contributed by atoms with Gasteiger partial charge in [0.05, 0.1) is 18.5 Å². The maximum absolute atomic E-state index is 12.5. The first-order valence-electron chi connectivity index (χ1n) is 9.55. The minimum Gasteiger partial charge on any atom is -0.310 e. The third kappa shape index (κ3) is 4.77. The fraction of sp³-hybridized carbons (Fsp3) is 0.182. The van der Waals surface area contributed by atoms with E-state index in [0.29, 0.717) is 17.5 Å². The monoisotopic (exact) mass is 418 g/mol. The number of benzene rings is 2. The first-order chi connectivity index (χ1) is 14.6. The molecule has 0 radical (unpaired) electrons. The molecule has 152 valence electrons. The molecule has 1 N–H and O–H groups in total. The Morgan fingerprint density at radius 3 is 2.70 bits per heavy atom. The molecule has 0 fully saturated rings. The highest BCUT2D eigenvalue weighted by atomic mass is 32.2. The summed E-state index contributed by atoms with van der Waals surface area (Å²) in [5.74, 6) is 0.770. The van der Waals surface area contributed by atoms with Gasteiger partial charge < -0.3 is 5.32 Å². The van der Waals surface area contributed by atoms with Crippen LogP contribution >= 0.6 is 11.8 Å². The molecule has 0 unspecified atom stereocenters. The number of carbonyl (C=O) groups is 1. The molecule has 2 heterocycles. The molecule has 0 aliphatic carbocycles. The van der Waals surface area contributed by atoms with Crippen molar-refractivity contribution in [3.63, 3.8) is 0 Å². The zero-order chi connectivity index (χ0) is 20.9. The van der Waals surface area contributed by atoms with Crippen LogP contribution in [0.1, 0.15) is 16.7 Å². The largest absolute Gasteiger partial charge is 0.310 e. The van der Waals surface area contributed by atoms with E-state index in [-0.39, 0.29) is 11.7 Å². The highest BCUT2D eigenvalue weighted by Crippen LogP contribution is 2.20. The standard InChI is InChI=1S/C22H22N6OS/c1-16-6-8-19(9-7-16)27-15-23-26-22(27)30-14-21(29)25-20-10-11-24-28(20)13-18-5-3-4-17(2)12-18/h3-12,15H,13-14H2,1-2H3,(H,25,29). The molecule has 0 saturated carbocycles. The molecule has 30 heavy (non-hydrogen) atoms.